The summed E-state index contributed by atoms with van der Waals surface area (Å²) in [5.74, 6) is 0.279. The maximum absolute atomic E-state index is 13.5. The number of likely N-dealkylation sites (tertiary alicyclic amines) is 1. The van der Waals surface area contributed by atoms with Gasteiger partial charge in [0.2, 0.25) is 5.91 Å². The van der Waals surface area contributed by atoms with E-state index in [1.807, 2.05) is 24.3 Å². The van der Waals surface area contributed by atoms with Crippen LogP contribution < -0.4 is 5.32 Å². The maximum Gasteiger partial charge on any atom is 0.272 e. The summed E-state index contributed by atoms with van der Waals surface area (Å²) in [6, 6.07) is 17.8. The molecule has 32 heavy (non-hydrogen) atoms. The first-order chi connectivity index (χ1) is 15.5. The topological polar surface area (TPSA) is 62.3 Å². The molecular formula is C26H29N3O2S. The van der Waals surface area contributed by atoms with Gasteiger partial charge in [0.05, 0.1) is 5.41 Å². The van der Waals surface area contributed by atoms with E-state index in [1.165, 1.54) is 4.88 Å². The van der Waals surface area contributed by atoms with Crippen molar-refractivity contribution in [2.75, 3.05) is 19.6 Å². The monoisotopic (exact) mass is 447 g/mol. The number of carbonyl (C=O) groups is 2. The maximum atomic E-state index is 13.5. The molecule has 1 aliphatic rings. The minimum Gasteiger partial charge on any atom is -0.355 e. The Balaban J connectivity index is 1.63. The van der Waals surface area contributed by atoms with Gasteiger partial charge in [-0.3, -0.25) is 14.6 Å². The Hall–Kier alpha value is -2.99. The molecule has 0 unspecified atom stereocenters. The molecule has 3 heterocycles. The molecule has 1 fully saturated rings. The molecule has 2 aromatic heterocycles. The van der Waals surface area contributed by atoms with Crippen LogP contribution in [0.3, 0.4) is 0 Å². The SMILES string of the molecule is CC(C)CNC(=O)[C@]1(Cc2ccccc2-c2cccs2)CCN(C(=O)c2ccccn2)C1. The number of benzene rings is 1. The van der Waals surface area contributed by atoms with Crippen LogP contribution in [0.5, 0.6) is 0 Å². The van der Waals surface area contributed by atoms with E-state index >= 15 is 0 Å². The molecule has 1 aliphatic heterocycles. The molecule has 0 bridgehead atoms. The molecule has 1 atom stereocenters. The molecule has 0 saturated carbocycles. The lowest BCUT2D eigenvalue weighted by Crippen LogP contribution is -2.46. The van der Waals surface area contributed by atoms with Crippen LogP contribution in [0.2, 0.25) is 0 Å². The highest BCUT2D eigenvalue weighted by Gasteiger charge is 2.46. The molecule has 1 N–H and O–H groups in total. The van der Waals surface area contributed by atoms with E-state index in [9.17, 15) is 9.59 Å². The number of pyridine rings is 1. The molecule has 0 radical (unpaired) electrons. The number of thiophene rings is 1. The Morgan fingerprint density at radius 1 is 1.12 bits per heavy atom. The minimum atomic E-state index is -0.660. The highest BCUT2D eigenvalue weighted by molar-refractivity contribution is 7.13. The normalized spacial score (nSPS) is 18.2. The predicted octanol–water partition coefficient (Wildman–Crippen LogP) is 4.66. The number of rotatable bonds is 7. The van der Waals surface area contributed by atoms with Crippen molar-refractivity contribution in [3.63, 3.8) is 0 Å². The van der Waals surface area contributed by atoms with E-state index in [2.05, 4.69) is 47.7 Å². The van der Waals surface area contributed by atoms with Crippen molar-refractivity contribution in [3.8, 4) is 10.4 Å². The number of aromatic nitrogens is 1. The number of amides is 2. The first-order valence-electron chi connectivity index (χ1n) is 11.1. The van der Waals surface area contributed by atoms with Gasteiger partial charge in [0.1, 0.15) is 5.69 Å². The average molecular weight is 448 g/mol. The fraction of sp³-hybridized carbons (Fsp3) is 0.346. The Kier molecular flexibility index (Phi) is 6.70. The molecule has 5 nitrogen and oxygen atoms in total. The lowest BCUT2D eigenvalue weighted by atomic mass is 9.78. The number of carbonyl (C=O) groups excluding carboxylic acids is 2. The Morgan fingerprint density at radius 3 is 2.66 bits per heavy atom. The molecule has 0 aliphatic carbocycles. The fourth-order valence-electron chi connectivity index (χ4n) is 4.30. The Labute approximate surface area is 193 Å². The molecule has 1 aromatic carbocycles. The second kappa shape index (κ2) is 9.65. The second-order valence-corrected chi connectivity index (χ2v) is 9.83. The third kappa shape index (κ3) is 4.75. The van der Waals surface area contributed by atoms with E-state index in [4.69, 9.17) is 0 Å². The van der Waals surface area contributed by atoms with Crippen molar-refractivity contribution in [2.24, 2.45) is 11.3 Å². The van der Waals surface area contributed by atoms with Crippen molar-refractivity contribution in [1.29, 1.82) is 0 Å². The third-order valence-corrected chi connectivity index (χ3v) is 6.91. The predicted molar refractivity (Wildman–Crippen MR) is 128 cm³/mol. The van der Waals surface area contributed by atoms with E-state index in [0.717, 1.165) is 11.1 Å². The molecule has 0 spiro atoms. The number of hydrogen-bond donors (Lipinski definition) is 1. The van der Waals surface area contributed by atoms with Crippen molar-refractivity contribution in [2.45, 2.75) is 26.7 Å². The molecule has 166 valence electrons. The van der Waals surface area contributed by atoms with Crippen molar-refractivity contribution in [3.05, 3.63) is 77.4 Å². The summed E-state index contributed by atoms with van der Waals surface area (Å²) in [5, 5.41) is 5.22. The van der Waals surface area contributed by atoms with Gasteiger partial charge in [-0.05, 0) is 53.5 Å². The van der Waals surface area contributed by atoms with Crippen molar-refractivity contribution in [1.82, 2.24) is 15.2 Å². The summed E-state index contributed by atoms with van der Waals surface area (Å²) in [7, 11) is 0. The zero-order valence-corrected chi connectivity index (χ0v) is 19.4. The molecular weight excluding hydrogens is 418 g/mol. The van der Waals surface area contributed by atoms with Gasteiger partial charge >= 0.3 is 0 Å². The van der Waals surface area contributed by atoms with Crippen LogP contribution in [0, 0.1) is 11.3 Å². The highest BCUT2D eigenvalue weighted by Crippen LogP contribution is 2.38. The van der Waals surface area contributed by atoms with Gasteiger partial charge < -0.3 is 10.2 Å². The Morgan fingerprint density at radius 2 is 1.94 bits per heavy atom. The third-order valence-electron chi connectivity index (χ3n) is 6.01. The van der Waals surface area contributed by atoms with Crippen LogP contribution in [0.4, 0.5) is 0 Å². The Bertz CT molecular complexity index is 1070. The molecule has 1 saturated heterocycles. The second-order valence-electron chi connectivity index (χ2n) is 8.89. The van der Waals surface area contributed by atoms with E-state index < -0.39 is 5.41 Å². The summed E-state index contributed by atoms with van der Waals surface area (Å²) < 4.78 is 0. The summed E-state index contributed by atoms with van der Waals surface area (Å²) >= 11 is 1.70. The molecule has 3 aromatic rings. The fourth-order valence-corrected chi connectivity index (χ4v) is 5.09. The van der Waals surface area contributed by atoms with Gasteiger partial charge in [0, 0.05) is 30.7 Å². The minimum absolute atomic E-state index is 0.0310. The number of nitrogens with one attached hydrogen (secondary N) is 1. The zero-order chi connectivity index (χ0) is 22.6. The van der Waals surface area contributed by atoms with Gasteiger partial charge in [-0.15, -0.1) is 11.3 Å². The first kappa shape index (κ1) is 22.2. The van der Waals surface area contributed by atoms with Crippen molar-refractivity contribution < 1.29 is 9.59 Å². The molecule has 4 rings (SSSR count). The van der Waals surface area contributed by atoms with Gasteiger partial charge in [0.25, 0.3) is 5.91 Å². The van der Waals surface area contributed by atoms with Gasteiger partial charge in [0.15, 0.2) is 0 Å². The van der Waals surface area contributed by atoms with Crippen LogP contribution in [-0.4, -0.2) is 41.3 Å². The standard InChI is InChI=1S/C26H29N3O2S/c1-19(2)17-28-25(31)26(12-14-29(18-26)24(30)22-10-5-6-13-27-22)16-20-8-3-4-9-21(20)23-11-7-15-32-23/h3-11,13,15,19H,12,14,16-18H2,1-2H3,(H,28,31)/t26-/m0/s1. The average Bonchev–Trinajstić information content (AvgIpc) is 3.49. The number of hydrogen-bond acceptors (Lipinski definition) is 4. The lowest BCUT2D eigenvalue weighted by Gasteiger charge is -2.29. The molecule has 2 amide bonds. The van der Waals surface area contributed by atoms with Crippen LogP contribution in [0.25, 0.3) is 10.4 Å². The van der Waals surface area contributed by atoms with Crippen LogP contribution in [0.15, 0.2) is 66.2 Å². The van der Waals surface area contributed by atoms with E-state index in [0.29, 0.717) is 44.1 Å². The van der Waals surface area contributed by atoms with Crippen LogP contribution >= 0.6 is 11.3 Å². The smallest absolute Gasteiger partial charge is 0.272 e. The highest BCUT2D eigenvalue weighted by atomic mass is 32.1. The summed E-state index contributed by atoms with van der Waals surface area (Å²) in [6.07, 6.45) is 2.86. The van der Waals surface area contributed by atoms with Gasteiger partial charge in [-0.2, -0.15) is 0 Å². The van der Waals surface area contributed by atoms with Crippen LogP contribution in [0.1, 0.15) is 36.3 Å². The van der Waals surface area contributed by atoms with Crippen LogP contribution in [-0.2, 0) is 11.2 Å². The first-order valence-corrected chi connectivity index (χ1v) is 12.0. The van der Waals surface area contributed by atoms with Gasteiger partial charge in [-0.25, -0.2) is 0 Å². The van der Waals surface area contributed by atoms with E-state index in [1.54, 1.807) is 34.6 Å². The summed E-state index contributed by atoms with van der Waals surface area (Å²) in [6.45, 7) is 5.74. The summed E-state index contributed by atoms with van der Waals surface area (Å²) in [5.41, 5.74) is 2.06. The molecule has 6 heteroatoms. The van der Waals surface area contributed by atoms with Gasteiger partial charge in [-0.1, -0.05) is 50.2 Å². The zero-order valence-electron chi connectivity index (χ0n) is 18.6. The van der Waals surface area contributed by atoms with E-state index in [-0.39, 0.29) is 11.8 Å². The van der Waals surface area contributed by atoms with Crippen molar-refractivity contribution >= 4 is 23.2 Å². The number of nitrogens with zero attached hydrogens (tertiary/aromatic N) is 2. The largest absolute Gasteiger partial charge is 0.355 e. The summed E-state index contributed by atoms with van der Waals surface area (Å²) in [4.78, 5) is 33.8. The lowest BCUT2D eigenvalue weighted by molar-refractivity contribution is -0.130. The quantitative estimate of drug-likeness (QED) is 0.573.